The number of methoxy groups -OCH3 is 2. The van der Waals surface area contributed by atoms with Crippen LogP contribution in [0.4, 0.5) is 0 Å². The standard InChI is InChI=1S/C21H19N3O3S/c1-26-16-7-6-14(11-17(16)27-2)12-22-21(25)19-20(15-8-10-28-13-15)24-9-4-3-5-18(24)23-19/h3-11,13H,12H2,1-2H3,(H,22,25). The van der Waals surface area contributed by atoms with E-state index in [9.17, 15) is 4.79 Å². The zero-order valence-corrected chi connectivity index (χ0v) is 16.3. The highest BCUT2D eigenvalue weighted by Gasteiger charge is 2.20. The Balaban J connectivity index is 1.62. The Morgan fingerprint density at radius 3 is 2.75 bits per heavy atom. The van der Waals surface area contributed by atoms with Crippen LogP contribution in [-0.4, -0.2) is 29.5 Å². The first-order chi connectivity index (χ1) is 13.7. The predicted octanol–water partition coefficient (Wildman–Crippen LogP) is 4.01. The highest BCUT2D eigenvalue weighted by atomic mass is 32.1. The van der Waals surface area contributed by atoms with Crippen LogP contribution < -0.4 is 14.8 Å². The van der Waals surface area contributed by atoms with Crippen molar-refractivity contribution in [1.29, 1.82) is 0 Å². The second-order valence-electron chi connectivity index (χ2n) is 6.12. The van der Waals surface area contributed by atoms with E-state index in [1.165, 1.54) is 0 Å². The smallest absolute Gasteiger partial charge is 0.272 e. The van der Waals surface area contributed by atoms with Crippen molar-refractivity contribution in [1.82, 2.24) is 14.7 Å². The van der Waals surface area contributed by atoms with E-state index in [-0.39, 0.29) is 5.91 Å². The van der Waals surface area contributed by atoms with Gasteiger partial charge in [-0.2, -0.15) is 11.3 Å². The lowest BCUT2D eigenvalue weighted by molar-refractivity contribution is 0.0947. The molecule has 0 aliphatic rings. The molecule has 28 heavy (non-hydrogen) atoms. The molecule has 1 amide bonds. The van der Waals surface area contributed by atoms with Crippen LogP contribution in [-0.2, 0) is 6.54 Å². The number of carbonyl (C=O) groups excluding carboxylic acids is 1. The number of nitrogens with one attached hydrogen (secondary N) is 1. The van der Waals surface area contributed by atoms with Crippen molar-refractivity contribution in [2.75, 3.05) is 14.2 Å². The predicted molar refractivity (Wildman–Crippen MR) is 109 cm³/mol. The molecule has 3 heterocycles. The number of nitrogens with zero attached hydrogens (tertiary/aromatic N) is 2. The van der Waals surface area contributed by atoms with Crippen molar-refractivity contribution in [3.8, 4) is 22.8 Å². The van der Waals surface area contributed by atoms with Gasteiger partial charge in [-0.3, -0.25) is 9.20 Å². The second-order valence-corrected chi connectivity index (χ2v) is 6.90. The van der Waals surface area contributed by atoms with Gasteiger partial charge in [0.25, 0.3) is 5.91 Å². The van der Waals surface area contributed by atoms with Gasteiger partial charge < -0.3 is 14.8 Å². The fraction of sp³-hybridized carbons (Fsp3) is 0.143. The van der Waals surface area contributed by atoms with Crippen molar-refractivity contribution in [3.05, 3.63) is 70.7 Å². The first-order valence-electron chi connectivity index (χ1n) is 8.70. The zero-order chi connectivity index (χ0) is 19.5. The van der Waals surface area contributed by atoms with E-state index in [4.69, 9.17) is 9.47 Å². The molecular formula is C21H19N3O3S. The lowest BCUT2D eigenvalue weighted by Gasteiger charge is -2.10. The van der Waals surface area contributed by atoms with E-state index in [2.05, 4.69) is 10.3 Å². The maximum atomic E-state index is 12.9. The lowest BCUT2D eigenvalue weighted by Crippen LogP contribution is -2.23. The molecule has 0 bridgehead atoms. The van der Waals surface area contributed by atoms with Gasteiger partial charge in [0.1, 0.15) is 5.65 Å². The molecule has 0 aliphatic heterocycles. The van der Waals surface area contributed by atoms with Gasteiger partial charge in [-0.05, 0) is 41.3 Å². The van der Waals surface area contributed by atoms with E-state index in [0.717, 1.165) is 22.5 Å². The summed E-state index contributed by atoms with van der Waals surface area (Å²) in [6, 6.07) is 13.3. The first kappa shape index (κ1) is 18.1. The largest absolute Gasteiger partial charge is 0.493 e. The number of rotatable bonds is 6. The van der Waals surface area contributed by atoms with Crippen LogP contribution in [0.1, 0.15) is 16.1 Å². The molecule has 0 saturated heterocycles. The molecule has 6 nitrogen and oxygen atoms in total. The maximum absolute atomic E-state index is 12.9. The molecule has 1 N–H and O–H groups in total. The third-order valence-corrected chi connectivity index (χ3v) is 5.12. The summed E-state index contributed by atoms with van der Waals surface area (Å²) < 4.78 is 12.5. The van der Waals surface area contributed by atoms with Gasteiger partial charge in [0, 0.05) is 23.7 Å². The Morgan fingerprint density at radius 2 is 2.00 bits per heavy atom. The van der Waals surface area contributed by atoms with Crippen molar-refractivity contribution in [2.24, 2.45) is 0 Å². The molecule has 0 fully saturated rings. The third-order valence-electron chi connectivity index (χ3n) is 4.44. The molecule has 1 aromatic carbocycles. The van der Waals surface area contributed by atoms with Crippen molar-refractivity contribution < 1.29 is 14.3 Å². The fourth-order valence-corrected chi connectivity index (χ4v) is 3.73. The molecule has 0 atom stereocenters. The molecule has 4 aromatic rings. The second kappa shape index (κ2) is 7.74. The van der Waals surface area contributed by atoms with Crippen LogP contribution in [0.3, 0.4) is 0 Å². The average molecular weight is 393 g/mol. The number of ether oxygens (including phenoxy) is 2. The number of thiophene rings is 1. The molecule has 0 aliphatic carbocycles. The number of benzene rings is 1. The van der Waals surface area contributed by atoms with Gasteiger partial charge in [0.2, 0.25) is 0 Å². The van der Waals surface area contributed by atoms with Gasteiger partial charge in [-0.15, -0.1) is 0 Å². The van der Waals surface area contributed by atoms with Crippen molar-refractivity contribution >= 4 is 22.9 Å². The minimum absolute atomic E-state index is 0.223. The summed E-state index contributed by atoms with van der Waals surface area (Å²) in [7, 11) is 3.18. The monoisotopic (exact) mass is 393 g/mol. The van der Waals surface area contributed by atoms with Crippen molar-refractivity contribution in [3.63, 3.8) is 0 Å². The van der Waals surface area contributed by atoms with Crippen LogP contribution >= 0.6 is 11.3 Å². The molecule has 142 valence electrons. The van der Waals surface area contributed by atoms with Gasteiger partial charge in [0.15, 0.2) is 17.2 Å². The van der Waals surface area contributed by atoms with Gasteiger partial charge in [0.05, 0.1) is 19.9 Å². The van der Waals surface area contributed by atoms with Crippen LogP contribution in [0.15, 0.2) is 59.4 Å². The number of aromatic nitrogens is 2. The van der Waals surface area contributed by atoms with E-state index in [1.807, 2.05) is 63.8 Å². The number of imidazole rings is 1. The minimum atomic E-state index is -0.223. The maximum Gasteiger partial charge on any atom is 0.272 e. The summed E-state index contributed by atoms with van der Waals surface area (Å²) >= 11 is 1.59. The Morgan fingerprint density at radius 1 is 1.14 bits per heavy atom. The number of pyridine rings is 1. The van der Waals surface area contributed by atoms with E-state index >= 15 is 0 Å². The molecule has 0 unspecified atom stereocenters. The normalized spacial score (nSPS) is 10.8. The van der Waals surface area contributed by atoms with Gasteiger partial charge >= 0.3 is 0 Å². The molecule has 0 spiro atoms. The summed E-state index contributed by atoms with van der Waals surface area (Å²) in [5.74, 6) is 1.05. The Labute approximate surface area is 166 Å². The molecule has 0 saturated carbocycles. The Kier molecular flexibility index (Phi) is 4.99. The summed E-state index contributed by atoms with van der Waals surface area (Å²) in [6.07, 6.45) is 1.92. The number of hydrogen-bond donors (Lipinski definition) is 1. The number of hydrogen-bond acceptors (Lipinski definition) is 5. The molecule has 3 aromatic heterocycles. The zero-order valence-electron chi connectivity index (χ0n) is 15.5. The lowest BCUT2D eigenvalue weighted by atomic mass is 10.1. The van der Waals surface area contributed by atoms with Gasteiger partial charge in [-0.1, -0.05) is 12.1 Å². The van der Waals surface area contributed by atoms with E-state index < -0.39 is 0 Å². The van der Waals surface area contributed by atoms with Crippen LogP contribution in [0, 0.1) is 0 Å². The summed E-state index contributed by atoms with van der Waals surface area (Å²) in [5.41, 5.74) is 3.82. The Hall–Kier alpha value is -3.32. The topological polar surface area (TPSA) is 64.9 Å². The first-order valence-corrected chi connectivity index (χ1v) is 9.64. The SMILES string of the molecule is COc1ccc(CNC(=O)c2nc3ccccn3c2-c2ccsc2)cc1OC. The van der Waals surface area contributed by atoms with Crippen LogP contribution in [0.2, 0.25) is 0 Å². The summed E-state index contributed by atoms with van der Waals surface area (Å²) in [6.45, 7) is 0.357. The molecular weight excluding hydrogens is 374 g/mol. The third kappa shape index (κ3) is 3.32. The highest BCUT2D eigenvalue weighted by Crippen LogP contribution is 2.29. The molecule has 7 heteroatoms. The molecule has 0 radical (unpaired) electrons. The van der Waals surface area contributed by atoms with E-state index in [1.54, 1.807) is 25.6 Å². The van der Waals surface area contributed by atoms with Crippen molar-refractivity contribution in [2.45, 2.75) is 6.54 Å². The fourth-order valence-electron chi connectivity index (χ4n) is 3.09. The number of amides is 1. The minimum Gasteiger partial charge on any atom is -0.493 e. The van der Waals surface area contributed by atoms with Crippen LogP contribution in [0.25, 0.3) is 16.9 Å². The number of carbonyl (C=O) groups is 1. The molecule has 4 rings (SSSR count). The summed E-state index contributed by atoms with van der Waals surface area (Å²) in [4.78, 5) is 17.5. The quantitative estimate of drug-likeness (QED) is 0.538. The Bertz CT molecular complexity index is 1120. The van der Waals surface area contributed by atoms with E-state index in [0.29, 0.717) is 23.7 Å². The average Bonchev–Trinajstić information content (AvgIpc) is 3.39. The summed E-state index contributed by atoms with van der Waals surface area (Å²) in [5, 5.41) is 6.96. The number of fused-ring (bicyclic) bond motifs is 1. The van der Waals surface area contributed by atoms with Gasteiger partial charge in [-0.25, -0.2) is 4.98 Å². The van der Waals surface area contributed by atoms with Crippen LogP contribution in [0.5, 0.6) is 11.5 Å². The highest BCUT2D eigenvalue weighted by molar-refractivity contribution is 7.08.